The number of benzene rings is 1. The maximum atomic E-state index is 3.82. The first kappa shape index (κ1) is 15.0. The standard InChI is InChI=1S/C17H24.CH4.H2/c1-3-4-5-15-8-12-17(13-9-15)16-10-6-14(2)7-11-16;;/h3,6-7,10-11,15,17H,1,4-5,8-9,12-13H2,2H3;1H4;1H. The van der Waals surface area contributed by atoms with Gasteiger partial charge in [0, 0.05) is 1.43 Å². The van der Waals surface area contributed by atoms with E-state index in [1.807, 2.05) is 0 Å². The van der Waals surface area contributed by atoms with Gasteiger partial charge in [-0.2, -0.15) is 0 Å². The van der Waals surface area contributed by atoms with Crippen LogP contribution in [-0.2, 0) is 0 Å². The highest BCUT2D eigenvalue weighted by molar-refractivity contribution is 5.24. The summed E-state index contributed by atoms with van der Waals surface area (Å²) in [5.74, 6) is 1.77. The highest BCUT2D eigenvalue weighted by Gasteiger charge is 2.21. The molecule has 1 aliphatic rings. The summed E-state index contributed by atoms with van der Waals surface area (Å²) < 4.78 is 0. The quantitative estimate of drug-likeness (QED) is 0.562. The molecule has 1 aromatic rings. The first-order chi connectivity index (χ1) is 8.29. The molecule has 2 rings (SSSR count). The summed E-state index contributed by atoms with van der Waals surface area (Å²) in [4.78, 5) is 0. The Hall–Kier alpha value is -1.04. The topological polar surface area (TPSA) is 0 Å². The third kappa shape index (κ3) is 4.01. The average Bonchev–Trinajstić information content (AvgIpc) is 2.38. The molecular weight excluding hydrogens is 216 g/mol. The van der Waals surface area contributed by atoms with E-state index < -0.39 is 0 Å². The minimum absolute atomic E-state index is 0. The van der Waals surface area contributed by atoms with E-state index in [4.69, 9.17) is 0 Å². The van der Waals surface area contributed by atoms with Crippen molar-refractivity contribution in [2.45, 2.75) is 58.8 Å². The van der Waals surface area contributed by atoms with Crippen LogP contribution in [0.1, 0.15) is 64.4 Å². The van der Waals surface area contributed by atoms with E-state index in [2.05, 4.69) is 43.8 Å². The van der Waals surface area contributed by atoms with Crippen LogP contribution in [0.5, 0.6) is 0 Å². The van der Waals surface area contributed by atoms with E-state index in [0.29, 0.717) is 0 Å². The highest BCUT2D eigenvalue weighted by atomic mass is 14.3. The van der Waals surface area contributed by atoms with Crippen LogP contribution < -0.4 is 0 Å². The van der Waals surface area contributed by atoms with Crippen LogP contribution >= 0.6 is 0 Å². The second-order valence-electron chi connectivity index (χ2n) is 5.49. The van der Waals surface area contributed by atoms with Crippen molar-refractivity contribution in [3.05, 3.63) is 48.0 Å². The third-order valence-corrected chi connectivity index (χ3v) is 4.17. The van der Waals surface area contributed by atoms with Crippen LogP contribution in [0.2, 0.25) is 0 Å². The zero-order valence-electron chi connectivity index (χ0n) is 11.0. The van der Waals surface area contributed by atoms with Gasteiger partial charge < -0.3 is 0 Å². The van der Waals surface area contributed by atoms with E-state index in [0.717, 1.165) is 11.8 Å². The fourth-order valence-corrected chi connectivity index (χ4v) is 2.98. The number of hydrogen-bond acceptors (Lipinski definition) is 0. The van der Waals surface area contributed by atoms with Crippen molar-refractivity contribution in [1.29, 1.82) is 0 Å². The fourth-order valence-electron chi connectivity index (χ4n) is 2.98. The second-order valence-corrected chi connectivity index (χ2v) is 5.49. The van der Waals surface area contributed by atoms with E-state index in [-0.39, 0.29) is 8.85 Å². The molecule has 0 aromatic heterocycles. The number of rotatable bonds is 4. The summed E-state index contributed by atoms with van der Waals surface area (Å²) in [5, 5.41) is 0. The Morgan fingerprint density at radius 2 is 1.78 bits per heavy atom. The number of aryl methyl sites for hydroxylation is 1. The molecular formula is C18H30. The Morgan fingerprint density at radius 3 is 2.33 bits per heavy atom. The lowest BCUT2D eigenvalue weighted by Crippen LogP contribution is -2.13. The maximum Gasteiger partial charge on any atom is 0 e. The van der Waals surface area contributed by atoms with Gasteiger partial charge in [-0.25, -0.2) is 0 Å². The lowest BCUT2D eigenvalue weighted by Gasteiger charge is -2.28. The Balaban J connectivity index is 0.00000162. The molecule has 0 spiro atoms. The first-order valence-corrected chi connectivity index (χ1v) is 6.97. The van der Waals surface area contributed by atoms with Gasteiger partial charge in [0.2, 0.25) is 0 Å². The summed E-state index contributed by atoms with van der Waals surface area (Å²) >= 11 is 0. The van der Waals surface area contributed by atoms with E-state index in [1.165, 1.54) is 44.1 Å². The van der Waals surface area contributed by atoms with Crippen LogP contribution in [0.15, 0.2) is 36.9 Å². The van der Waals surface area contributed by atoms with Crippen LogP contribution in [0, 0.1) is 12.8 Å². The number of hydrogen-bond donors (Lipinski definition) is 0. The zero-order valence-corrected chi connectivity index (χ0v) is 11.0. The largest absolute Gasteiger partial charge is 0.103 e. The van der Waals surface area contributed by atoms with Crippen LogP contribution in [0.3, 0.4) is 0 Å². The van der Waals surface area contributed by atoms with E-state index >= 15 is 0 Å². The lowest BCUT2D eigenvalue weighted by atomic mass is 9.77. The molecule has 0 heterocycles. The van der Waals surface area contributed by atoms with Crippen molar-refractivity contribution in [3.63, 3.8) is 0 Å². The van der Waals surface area contributed by atoms with Gasteiger partial charge in [0.25, 0.3) is 0 Å². The van der Waals surface area contributed by atoms with Gasteiger partial charge in [-0.15, -0.1) is 6.58 Å². The van der Waals surface area contributed by atoms with Crippen molar-refractivity contribution >= 4 is 0 Å². The minimum Gasteiger partial charge on any atom is -0.103 e. The predicted octanol–water partition coefficient (Wildman–Crippen LogP) is 6.12. The van der Waals surface area contributed by atoms with E-state index in [1.54, 1.807) is 5.56 Å². The maximum absolute atomic E-state index is 3.82. The average molecular weight is 246 g/mol. The summed E-state index contributed by atoms with van der Waals surface area (Å²) in [7, 11) is 0. The molecule has 1 aliphatic carbocycles. The van der Waals surface area contributed by atoms with Gasteiger partial charge in [-0.1, -0.05) is 43.3 Å². The molecule has 1 aromatic carbocycles. The van der Waals surface area contributed by atoms with Crippen LogP contribution in [0.25, 0.3) is 0 Å². The fraction of sp³-hybridized carbons (Fsp3) is 0.556. The molecule has 0 bridgehead atoms. The predicted molar refractivity (Wildman–Crippen MR) is 84.2 cm³/mol. The Kier molecular flexibility index (Phi) is 6.18. The minimum atomic E-state index is 0. The monoisotopic (exact) mass is 246 g/mol. The Morgan fingerprint density at radius 1 is 1.17 bits per heavy atom. The molecule has 18 heavy (non-hydrogen) atoms. The van der Waals surface area contributed by atoms with Crippen LogP contribution in [0.4, 0.5) is 0 Å². The second kappa shape index (κ2) is 7.41. The molecule has 0 saturated heterocycles. The number of allylic oxidation sites excluding steroid dienone is 1. The van der Waals surface area contributed by atoms with Gasteiger partial charge in [-0.05, 0) is 62.8 Å². The Labute approximate surface area is 115 Å². The van der Waals surface area contributed by atoms with Gasteiger partial charge >= 0.3 is 0 Å². The molecule has 0 heteroatoms. The SMILES string of the molecule is C.C=CCCC1CCC(c2ccc(C)cc2)CC1.[HH]. The molecule has 0 nitrogen and oxygen atoms in total. The third-order valence-electron chi connectivity index (χ3n) is 4.17. The molecule has 102 valence electrons. The molecule has 0 N–H and O–H groups in total. The smallest absolute Gasteiger partial charge is 0 e. The molecule has 1 fully saturated rings. The molecule has 0 atom stereocenters. The van der Waals surface area contributed by atoms with Gasteiger partial charge in [0.1, 0.15) is 0 Å². The summed E-state index contributed by atoms with van der Waals surface area (Å²) in [6, 6.07) is 9.15. The Bertz CT molecular complexity index is 344. The van der Waals surface area contributed by atoms with Gasteiger partial charge in [0.15, 0.2) is 0 Å². The first-order valence-electron chi connectivity index (χ1n) is 6.97. The normalized spacial score (nSPS) is 23.2. The molecule has 0 radical (unpaired) electrons. The lowest BCUT2D eigenvalue weighted by molar-refractivity contribution is 0.312. The van der Waals surface area contributed by atoms with Crippen molar-refractivity contribution in [3.8, 4) is 0 Å². The highest BCUT2D eigenvalue weighted by Crippen LogP contribution is 2.37. The molecule has 0 unspecified atom stereocenters. The van der Waals surface area contributed by atoms with Gasteiger partial charge in [0.05, 0.1) is 0 Å². The summed E-state index contributed by atoms with van der Waals surface area (Å²) in [6.45, 7) is 5.98. The molecule has 1 saturated carbocycles. The van der Waals surface area contributed by atoms with Crippen molar-refractivity contribution in [2.24, 2.45) is 5.92 Å². The van der Waals surface area contributed by atoms with Crippen molar-refractivity contribution in [1.82, 2.24) is 0 Å². The van der Waals surface area contributed by atoms with Crippen LogP contribution in [-0.4, -0.2) is 0 Å². The molecule has 0 amide bonds. The zero-order chi connectivity index (χ0) is 12.1. The molecule has 0 aliphatic heterocycles. The summed E-state index contributed by atoms with van der Waals surface area (Å²) in [6.07, 6.45) is 10.2. The summed E-state index contributed by atoms with van der Waals surface area (Å²) in [5.41, 5.74) is 2.92. The van der Waals surface area contributed by atoms with E-state index in [9.17, 15) is 0 Å². The van der Waals surface area contributed by atoms with Gasteiger partial charge in [-0.3, -0.25) is 0 Å². The van der Waals surface area contributed by atoms with Crippen molar-refractivity contribution in [2.75, 3.05) is 0 Å². The van der Waals surface area contributed by atoms with Crippen molar-refractivity contribution < 1.29 is 1.43 Å².